The number of carbonyl (C=O) groups is 1. The predicted octanol–water partition coefficient (Wildman–Crippen LogP) is 1.53. The zero-order chi connectivity index (χ0) is 18.0. The number of ether oxygens (including phenoxy) is 4. The van der Waals surface area contributed by atoms with E-state index in [2.05, 4.69) is 17.7 Å². The summed E-state index contributed by atoms with van der Waals surface area (Å²) in [7, 11) is 1.55. The lowest BCUT2D eigenvalue weighted by Gasteiger charge is -2.46. The van der Waals surface area contributed by atoms with Crippen LogP contribution in [-0.4, -0.2) is 48.0 Å². The topological polar surface area (TPSA) is 57.2 Å². The van der Waals surface area contributed by atoms with Gasteiger partial charge in [0.1, 0.15) is 11.3 Å². The zero-order valence-electron chi connectivity index (χ0n) is 15.1. The molecule has 0 aromatic heterocycles. The Labute approximate surface area is 152 Å². The number of piperidine rings is 1. The number of cyclic esters (lactones) is 1. The van der Waals surface area contributed by atoms with Crippen LogP contribution in [0.2, 0.25) is 0 Å². The molecule has 0 aliphatic carbocycles. The van der Waals surface area contributed by atoms with Crippen molar-refractivity contribution in [2.75, 3.05) is 13.7 Å². The highest BCUT2D eigenvalue weighted by Gasteiger charge is 2.84. The quantitative estimate of drug-likeness (QED) is 0.525. The summed E-state index contributed by atoms with van der Waals surface area (Å²) >= 11 is 0. The van der Waals surface area contributed by atoms with Crippen LogP contribution in [-0.2, 0) is 23.7 Å². The van der Waals surface area contributed by atoms with Crippen molar-refractivity contribution >= 4 is 5.97 Å². The van der Waals surface area contributed by atoms with Gasteiger partial charge in [-0.3, -0.25) is 4.90 Å². The Balaban J connectivity index is 1.53. The van der Waals surface area contributed by atoms with Crippen molar-refractivity contribution in [3.05, 3.63) is 22.9 Å². The summed E-state index contributed by atoms with van der Waals surface area (Å²) in [5.74, 6) is 3.97. The molecule has 6 heterocycles. The lowest BCUT2D eigenvalue weighted by molar-refractivity contribution is -0.255. The van der Waals surface area contributed by atoms with Crippen LogP contribution >= 0.6 is 0 Å². The van der Waals surface area contributed by atoms with E-state index in [1.165, 1.54) is 0 Å². The molecule has 0 radical (unpaired) electrons. The van der Waals surface area contributed by atoms with Gasteiger partial charge in [-0.25, -0.2) is 4.79 Å². The van der Waals surface area contributed by atoms with Gasteiger partial charge in [0, 0.05) is 18.5 Å². The third kappa shape index (κ3) is 1.26. The van der Waals surface area contributed by atoms with Gasteiger partial charge >= 0.3 is 5.97 Å². The summed E-state index contributed by atoms with van der Waals surface area (Å²) < 4.78 is 24.1. The maximum atomic E-state index is 12.1. The van der Waals surface area contributed by atoms with E-state index < -0.39 is 5.79 Å². The maximum absolute atomic E-state index is 12.1. The van der Waals surface area contributed by atoms with Gasteiger partial charge in [0.15, 0.2) is 5.76 Å². The Bertz CT molecular complexity index is 868. The highest BCUT2D eigenvalue weighted by molar-refractivity contribution is 5.93. The third-order valence-corrected chi connectivity index (χ3v) is 7.63. The van der Waals surface area contributed by atoms with Gasteiger partial charge in [-0.05, 0) is 19.8 Å². The van der Waals surface area contributed by atoms with E-state index >= 15 is 0 Å². The van der Waals surface area contributed by atoms with Gasteiger partial charge in [-0.2, -0.15) is 0 Å². The van der Waals surface area contributed by atoms with Gasteiger partial charge in [0.25, 0.3) is 0 Å². The molecular formula is C20H21NO5. The van der Waals surface area contributed by atoms with E-state index in [0.29, 0.717) is 28.9 Å². The second-order valence-corrected chi connectivity index (χ2v) is 8.29. The minimum Gasteiger partial charge on any atom is -0.492 e. The Morgan fingerprint density at radius 2 is 2.23 bits per heavy atom. The minimum absolute atomic E-state index is 0.0307. The first kappa shape index (κ1) is 15.1. The van der Waals surface area contributed by atoms with Crippen LogP contribution in [0.15, 0.2) is 22.9 Å². The first-order valence-electron chi connectivity index (χ1n) is 9.32. The second-order valence-electron chi connectivity index (χ2n) is 8.29. The molecule has 1 spiro atoms. The summed E-state index contributed by atoms with van der Waals surface area (Å²) in [6, 6.07) is 0.352. The lowest BCUT2D eigenvalue weighted by Crippen LogP contribution is -2.60. The molecule has 6 rings (SSSR count). The summed E-state index contributed by atoms with van der Waals surface area (Å²) in [4.78, 5) is 14.6. The summed E-state index contributed by atoms with van der Waals surface area (Å²) in [5, 5.41) is 0. The number of methoxy groups -OCH3 is 1. The average Bonchev–Trinajstić information content (AvgIpc) is 3.33. The number of carbonyl (C=O) groups excluding carboxylic acids is 1. The maximum Gasteiger partial charge on any atom is 0.343 e. The lowest BCUT2D eigenvalue weighted by atomic mass is 9.71. The molecular weight excluding hydrogens is 334 g/mol. The minimum atomic E-state index is -0.698. The number of allylic oxidation sites excluding steroid dienone is 1. The molecule has 0 N–H and O–H groups in total. The molecule has 6 heteroatoms. The second kappa shape index (κ2) is 4.29. The van der Waals surface area contributed by atoms with Crippen LogP contribution in [0.4, 0.5) is 0 Å². The van der Waals surface area contributed by atoms with Crippen LogP contribution < -0.4 is 0 Å². The third-order valence-electron chi connectivity index (χ3n) is 7.63. The van der Waals surface area contributed by atoms with Gasteiger partial charge in [0.2, 0.25) is 11.5 Å². The number of rotatable bonds is 1. The van der Waals surface area contributed by atoms with Crippen LogP contribution in [0.25, 0.3) is 0 Å². The fourth-order valence-electron chi connectivity index (χ4n) is 6.81. The fourth-order valence-corrected chi connectivity index (χ4v) is 6.81. The molecule has 5 bridgehead atoms. The number of terminal acetylenes is 1. The van der Waals surface area contributed by atoms with Crippen molar-refractivity contribution in [1.29, 1.82) is 0 Å². The summed E-state index contributed by atoms with van der Waals surface area (Å²) in [5.41, 5.74) is 0.140. The average molecular weight is 355 g/mol. The molecule has 6 nitrogen and oxygen atoms in total. The molecule has 8 atom stereocenters. The van der Waals surface area contributed by atoms with E-state index in [0.717, 1.165) is 19.4 Å². The molecule has 1 unspecified atom stereocenters. The summed E-state index contributed by atoms with van der Waals surface area (Å²) in [6.45, 7) is 4.85. The smallest absolute Gasteiger partial charge is 0.343 e. The number of esters is 1. The zero-order valence-corrected chi connectivity index (χ0v) is 15.1. The summed E-state index contributed by atoms with van der Waals surface area (Å²) in [6.07, 6.45) is 7.99. The van der Waals surface area contributed by atoms with E-state index in [4.69, 9.17) is 25.4 Å². The molecule has 136 valence electrons. The van der Waals surface area contributed by atoms with Gasteiger partial charge in [-0.15, -0.1) is 6.42 Å². The monoisotopic (exact) mass is 355 g/mol. The van der Waals surface area contributed by atoms with Crippen LogP contribution in [0, 0.1) is 30.1 Å². The van der Waals surface area contributed by atoms with Crippen molar-refractivity contribution in [1.82, 2.24) is 4.90 Å². The highest BCUT2D eigenvalue weighted by Crippen LogP contribution is 2.72. The van der Waals surface area contributed by atoms with Gasteiger partial charge in [0.05, 0.1) is 30.6 Å². The Morgan fingerprint density at radius 3 is 2.96 bits per heavy atom. The largest absolute Gasteiger partial charge is 0.492 e. The van der Waals surface area contributed by atoms with Crippen LogP contribution in [0.5, 0.6) is 0 Å². The molecule has 0 aromatic carbocycles. The number of hydrogen-bond donors (Lipinski definition) is 0. The van der Waals surface area contributed by atoms with E-state index in [1.54, 1.807) is 14.0 Å². The van der Waals surface area contributed by atoms with Crippen LogP contribution in [0.1, 0.15) is 26.7 Å². The molecule has 0 aromatic rings. The first-order chi connectivity index (χ1) is 12.5. The van der Waals surface area contributed by atoms with Crippen molar-refractivity contribution in [2.24, 2.45) is 17.8 Å². The normalized spacial score (nSPS) is 55.2. The SMILES string of the molecule is C#C[C@]12[C@@H]3C[C@H]4[C@H]5[C@H](C)/C(=C6/OC(=O)C(C)=C6OC)O[C@]5(O3)[C@@H]1CCN42. The number of hydrogen-bond acceptors (Lipinski definition) is 6. The van der Waals surface area contributed by atoms with Crippen molar-refractivity contribution < 1.29 is 23.7 Å². The van der Waals surface area contributed by atoms with Gasteiger partial charge < -0.3 is 18.9 Å². The van der Waals surface area contributed by atoms with Crippen LogP contribution in [0.3, 0.4) is 0 Å². The molecule has 6 aliphatic rings. The fraction of sp³-hybridized carbons (Fsp3) is 0.650. The molecule has 0 saturated carbocycles. The molecule has 5 saturated heterocycles. The number of nitrogens with zero attached hydrogens (tertiary/aromatic N) is 1. The molecule has 26 heavy (non-hydrogen) atoms. The standard InChI is InChI=1S/C20H21NO5/c1-5-19-12-6-7-21(19)11-8-13(19)25-20(12)14(11)9(2)16(26-20)17-15(23-4)10(3)18(22)24-17/h1,9,11-14H,6-8H2,2-4H3/b17-16-/t9-,11-,12+,13-,14+,19+,20+/m0/s1. The van der Waals surface area contributed by atoms with Crippen molar-refractivity contribution in [3.8, 4) is 12.3 Å². The Kier molecular flexibility index (Phi) is 2.50. The number of fused-ring (bicyclic) bond motifs is 1. The van der Waals surface area contributed by atoms with Gasteiger partial charge in [-0.1, -0.05) is 12.8 Å². The molecule has 5 fully saturated rings. The molecule has 6 aliphatic heterocycles. The van der Waals surface area contributed by atoms with Crippen molar-refractivity contribution in [3.63, 3.8) is 0 Å². The Hall–Kier alpha value is -1.97. The van der Waals surface area contributed by atoms with E-state index in [1.807, 2.05) is 0 Å². The first-order valence-corrected chi connectivity index (χ1v) is 9.32. The van der Waals surface area contributed by atoms with E-state index in [9.17, 15) is 4.79 Å². The van der Waals surface area contributed by atoms with E-state index in [-0.39, 0.29) is 35.4 Å². The molecule has 0 amide bonds. The highest BCUT2D eigenvalue weighted by atomic mass is 16.7. The van der Waals surface area contributed by atoms with Crippen molar-refractivity contribution in [2.45, 2.75) is 50.2 Å². The Morgan fingerprint density at radius 1 is 1.42 bits per heavy atom. The predicted molar refractivity (Wildman–Crippen MR) is 89.0 cm³/mol.